The van der Waals surface area contributed by atoms with Gasteiger partial charge in [0.25, 0.3) is 0 Å². The highest BCUT2D eigenvalue weighted by molar-refractivity contribution is 7.19. The summed E-state index contributed by atoms with van der Waals surface area (Å²) in [6, 6.07) is 8.73. The van der Waals surface area contributed by atoms with Gasteiger partial charge in [-0.05, 0) is 42.5 Å². The maximum Gasteiger partial charge on any atom is 0.230 e. The van der Waals surface area contributed by atoms with Crippen LogP contribution in [0.25, 0.3) is 22.4 Å². The molecule has 0 saturated carbocycles. The minimum atomic E-state index is -0.831. The Morgan fingerprint density at radius 2 is 1.97 bits per heavy atom. The van der Waals surface area contributed by atoms with Crippen molar-refractivity contribution in [2.45, 2.75) is 6.92 Å². The van der Waals surface area contributed by atoms with Gasteiger partial charge in [0.15, 0.2) is 5.13 Å². The summed E-state index contributed by atoms with van der Waals surface area (Å²) in [5.41, 5.74) is 1.42. The van der Waals surface area contributed by atoms with Gasteiger partial charge in [0.2, 0.25) is 5.91 Å². The van der Waals surface area contributed by atoms with Crippen LogP contribution in [0.4, 0.5) is 19.6 Å². The molecule has 5 nitrogen and oxygen atoms in total. The molecule has 2 aromatic carbocycles. The average molecular weight is 444 g/mol. The van der Waals surface area contributed by atoms with E-state index >= 15 is 0 Å². The Morgan fingerprint density at radius 1 is 1.13 bits per heavy atom. The van der Waals surface area contributed by atoms with Crippen molar-refractivity contribution in [2.24, 2.45) is 0 Å². The number of halogens is 2. The minimum Gasteiger partial charge on any atom is -0.497 e. The van der Waals surface area contributed by atoms with Gasteiger partial charge in [-0.15, -0.1) is 22.7 Å². The summed E-state index contributed by atoms with van der Waals surface area (Å²) in [7, 11) is 1.62. The Bertz CT molecular complexity index is 1270. The number of fused-ring (bicyclic) bond motifs is 1. The van der Waals surface area contributed by atoms with Gasteiger partial charge in [-0.1, -0.05) is 0 Å². The zero-order chi connectivity index (χ0) is 21.3. The number of ether oxygens (including phenoxy) is 1. The van der Waals surface area contributed by atoms with Crippen molar-refractivity contribution in [3.8, 4) is 5.75 Å². The summed E-state index contributed by atoms with van der Waals surface area (Å²) in [5.74, 6) is -1.20. The van der Waals surface area contributed by atoms with E-state index in [2.05, 4.69) is 9.97 Å². The summed E-state index contributed by atoms with van der Waals surface area (Å²) < 4.78 is 33.6. The number of amides is 1. The first-order valence-electron chi connectivity index (χ1n) is 8.78. The lowest BCUT2D eigenvalue weighted by molar-refractivity contribution is -0.115. The van der Waals surface area contributed by atoms with Crippen LogP contribution in [-0.2, 0) is 4.79 Å². The Balaban J connectivity index is 1.60. The van der Waals surface area contributed by atoms with Gasteiger partial charge in [0, 0.05) is 18.4 Å². The molecule has 0 unspecified atom stereocenters. The third-order valence-corrected chi connectivity index (χ3v) is 6.00. The first-order valence-corrected chi connectivity index (χ1v) is 10.5. The third-order valence-electron chi connectivity index (χ3n) is 4.18. The van der Waals surface area contributed by atoms with E-state index in [-0.39, 0.29) is 5.69 Å². The molecule has 4 aromatic rings. The van der Waals surface area contributed by atoms with Crippen molar-refractivity contribution >= 4 is 61.8 Å². The van der Waals surface area contributed by atoms with Gasteiger partial charge in [0.05, 0.1) is 28.7 Å². The molecule has 0 aliphatic carbocycles. The predicted octanol–water partition coefficient (Wildman–Crippen LogP) is 5.89. The van der Waals surface area contributed by atoms with Crippen LogP contribution in [0.1, 0.15) is 17.6 Å². The maximum absolute atomic E-state index is 14.2. The molecule has 152 valence electrons. The number of hydrogen-bond acceptors (Lipinski definition) is 6. The molecule has 0 saturated heterocycles. The van der Waals surface area contributed by atoms with Crippen LogP contribution in [0, 0.1) is 11.6 Å². The fourth-order valence-electron chi connectivity index (χ4n) is 2.80. The van der Waals surface area contributed by atoms with Crippen LogP contribution in [-0.4, -0.2) is 23.0 Å². The van der Waals surface area contributed by atoms with Gasteiger partial charge in [-0.25, -0.2) is 18.7 Å². The van der Waals surface area contributed by atoms with Crippen molar-refractivity contribution in [1.29, 1.82) is 0 Å². The summed E-state index contributed by atoms with van der Waals surface area (Å²) in [4.78, 5) is 22.2. The number of carbonyl (C=O) groups excluding carboxylic acids is 1. The Labute approximate surface area is 178 Å². The number of methoxy groups -OCH3 is 1. The Morgan fingerprint density at radius 3 is 2.70 bits per heavy atom. The summed E-state index contributed by atoms with van der Waals surface area (Å²) in [6.45, 7) is 1.30. The highest BCUT2D eigenvalue weighted by Crippen LogP contribution is 2.32. The highest BCUT2D eigenvalue weighted by Gasteiger charge is 2.21. The summed E-state index contributed by atoms with van der Waals surface area (Å²) in [6.07, 6.45) is 3.60. The molecule has 9 heteroatoms. The molecule has 1 amide bonds. The van der Waals surface area contributed by atoms with E-state index in [1.807, 2.05) is 24.3 Å². The molecular weight excluding hydrogens is 428 g/mol. The lowest BCUT2D eigenvalue weighted by atomic mass is 10.2. The van der Waals surface area contributed by atoms with Crippen LogP contribution in [0.5, 0.6) is 5.75 Å². The standard InChI is InChI=1S/C21H15F2N3O2S2/c1-12(27)26(18-7-3-13(22)9-16(18)23)21-24-14(11-29-21)4-8-20-25-17-6-5-15(28-2)10-19(17)30-20/h3-11H,1-2H3. The number of thiazole rings is 2. The molecule has 0 spiro atoms. The second-order valence-corrected chi connectivity index (χ2v) is 8.12. The van der Waals surface area contributed by atoms with E-state index in [0.29, 0.717) is 10.8 Å². The minimum absolute atomic E-state index is 0.0473. The first-order chi connectivity index (χ1) is 14.4. The Kier molecular flexibility index (Phi) is 5.56. The van der Waals surface area contributed by atoms with Crippen molar-refractivity contribution in [2.75, 3.05) is 12.0 Å². The van der Waals surface area contributed by atoms with Gasteiger partial charge in [-0.2, -0.15) is 0 Å². The summed E-state index contributed by atoms with van der Waals surface area (Å²) >= 11 is 2.70. The van der Waals surface area contributed by atoms with Crippen LogP contribution in [0.15, 0.2) is 41.8 Å². The van der Waals surface area contributed by atoms with Gasteiger partial charge < -0.3 is 4.74 Å². The zero-order valence-corrected chi connectivity index (χ0v) is 17.6. The first kappa shape index (κ1) is 20.1. The molecule has 0 aliphatic heterocycles. The zero-order valence-electron chi connectivity index (χ0n) is 15.9. The van der Waals surface area contributed by atoms with Crippen LogP contribution < -0.4 is 9.64 Å². The molecule has 0 N–H and O–H groups in total. The Hall–Kier alpha value is -3.17. The van der Waals surface area contributed by atoms with Gasteiger partial charge in [0.1, 0.15) is 22.4 Å². The molecule has 0 atom stereocenters. The molecule has 0 bridgehead atoms. The number of benzene rings is 2. The molecular formula is C21H15F2N3O2S2. The largest absolute Gasteiger partial charge is 0.497 e. The van der Waals surface area contributed by atoms with Gasteiger partial charge in [-0.3, -0.25) is 9.69 Å². The normalized spacial score (nSPS) is 11.3. The van der Waals surface area contributed by atoms with Crippen molar-refractivity contribution in [3.05, 3.63) is 64.1 Å². The molecule has 0 fully saturated rings. The molecule has 2 aromatic heterocycles. The second-order valence-electron chi connectivity index (χ2n) is 6.22. The topological polar surface area (TPSA) is 55.3 Å². The number of hydrogen-bond donors (Lipinski definition) is 0. The van der Waals surface area contributed by atoms with E-state index in [9.17, 15) is 13.6 Å². The smallest absolute Gasteiger partial charge is 0.230 e. The van der Waals surface area contributed by atoms with E-state index < -0.39 is 17.5 Å². The monoisotopic (exact) mass is 443 g/mol. The predicted molar refractivity (Wildman–Crippen MR) is 116 cm³/mol. The molecule has 0 aliphatic rings. The highest BCUT2D eigenvalue weighted by atomic mass is 32.1. The summed E-state index contributed by atoms with van der Waals surface area (Å²) in [5, 5.41) is 2.84. The quantitative estimate of drug-likeness (QED) is 0.386. The number of aromatic nitrogens is 2. The lowest BCUT2D eigenvalue weighted by Crippen LogP contribution is -2.23. The number of nitrogens with zero attached hydrogens (tertiary/aromatic N) is 3. The van der Waals surface area contributed by atoms with Crippen LogP contribution in [0.3, 0.4) is 0 Å². The number of carbonyl (C=O) groups is 1. The number of rotatable bonds is 5. The van der Waals surface area contributed by atoms with E-state index in [1.165, 1.54) is 35.7 Å². The van der Waals surface area contributed by atoms with E-state index in [4.69, 9.17) is 4.74 Å². The molecule has 2 heterocycles. The van der Waals surface area contributed by atoms with Crippen LogP contribution >= 0.6 is 22.7 Å². The molecule has 30 heavy (non-hydrogen) atoms. The fourth-order valence-corrected chi connectivity index (χ4v) is 4.55. The SMILES string of the molecule is COc1ccc2nc(C=Cc3csc(N(C(C)=O)c4ccc(F)cc4F)n3)sc2c1. The second kappa shape index (κ2) is 8.29. The van der Waals surface area contributed by atoms with Crippen molar-refractivity contribution in [1.82, 2.24) is 9.97 Å². The van der Waals surface area contributed by atoms with E-state index in [1.54, 1.807) is 18.6 Å². The lowest BCUT2D eigenvalue weighted by Gasteiger charge is -2.18. The van der Waals surface area contributed by atoms with Gasteiger partial charge >= 0.3 is 0 Å². The van der Waals surface area contributed by atoms with Crippen molar-refractivity contribution < 1.29 is 18.3 Å². The molecule has 0 radical (unpaired) electrons. The fraction of sp³-hybridized carbons (Fsp3) is 0.0952. The van der Waals surface area contributed by atoms with Crippen LogP contribution in [0.2, 0.25) is 0 Å². The third kappa shape index (κ3) is 4.07. The number of anilines is 2. The van der Waals surface area contributed by atoms with E-state index in [0.717, 1.165) is 38.0 Å². The maximum atomic E-state index is 14.2. The average Bonchev–Trinajstić information content (AvgIpc) is 3.34. The van der Waals surface area contributed by atoms with Crippen molar-refractivity contribution in [3.63, 3.8) is 0 Å². The molecule has 4 rings (SSSR count).